The second-order valence-electron chi connectivity index (χ2n) is 14.8. The maximum atomic E-state index is 3.25. The van der Waals surface area contributed by atoms with E-state index in [9.17, 15) is 0 Å². The van der Waals surface area contributed by atoms with Gasteiger partial charge in [0, 0.05) is 0 Å². The molecule has 12 rings (SSSR count). The zero-order valence-electron chi connectivity index (χ0n) is 36.6. The van der Waals surface area contributed by atoms with Crippen molar-refractivity contribution in [3.63, 3.8) is 0 Å². The Bertz CT molecular complexity index is 2790. The summed E-state index contributed by atoms with van der Waals surface area (Å²) in [6.45, 7) is 0. The molecule has 4 heteroatoms. The summed E-state index contributed by atoms with van der Waals surface area (Å²) in [4.78, 5) is 6.50. The molecule has 0 saturated heterocycles. The van der Waals surface area contributed by atoms with Gasteiger partial charge in [0.05, 0.1) is 0 Å². The molecule has 0 spiro atoms. The minimum absolute atomic E-state index is 0. The van der Waals surface area contributed by atoms with Gasteiger partial charge in [0.25, 0.3) is 0 Å². The van der Waals surface area contributed by atoms with Crippen LogP contribution in [0.3, 0.4) is 0 Å². The van der Waals surface area contributed by atoms with E-state index in [4.69, 9.17) is 0 Å². The average molecular weight is 960 g/mol. The Balaban J connectivity index is 0.000000159. The fourth-order valence-corrected chi connectivity index (χ4v) is 8.13. The SMILES string of the molecule is [CH2]=[Ti+2].[CH2]=[Ti+2].[Cl-].[Cl-].c1ccc(-c2cccc3[cH-]ccc23)cc1.c1ccc(-c2cccc3[cH-]ccc23)cc1.c1ccc(-c2cccc3[cH-]ccc23)cc1.c1ccc(-c2cccc3[cH-]ccc23)cc1. The molecule has 0 radical (unpaired) electrons. The molecule has 0 bridgehead atoms. The summed E-state index contributed by atoms with van der Waals surface area (Å²) in [6, 6.07) is 93.6. The van der Waals surface area contributed by atoms with E-state index in [-0.39, 0.29) is 24.8 Å². The predicted molar refractivity (Wildman–Crippen MR) is 274 cm³/mol. The first kappa shape index (κ1) is 50.9. The summed E-state index contributed by atoms with van der Waals surface area (Å²) in [5.74, 6) is 0. The topological polar surface area (TPSA) is 0 Å². The van der Waals surface area contributed by atoms with Crippen molar-refractivity contribution in [1.82, 2.24) is 0 Å². The molecule has 0 heterocycles. The number of fused-ring (bicyclic) bond motifs is 4. The van der Waals surface area contributed by atoms with Crippen LogP contribution in [-0.2, 0) is 39.9 Å². The second-order valence-corrected chi connectivity index (χ2v) is 14.8. The standard InChI is InChI=1S/4C15H11.2CH2.2ClH.2Ti/c4*1-2-6-12(7-3-1)14-10-4-8-13-9-5-11-15(13)14;;;;;;/h4*1-11H;2*1H2;2*1H;;/q4*-1;;;;;2*+2/p-2. The van der Waals surface area contributed by atoms with Gasteiger partial charge in [-0.25, -0.2) is 0 Å². The maximum Gasteiger partial charge on any atom is -0.0279 e. The van der Waals surface area contributed by atoms with Crippen LogP contribution in [0.5, 0.6) is 0 Å². The number of rotatable bonds is 4. The summed E-state index contributed by atoms with van der Waals surface area (Å²) < 4.78 is 0. The monoisotopic (exact) mass is 958 g/mol. The maximum absolute atomic E-state index is 3.25. The summed E-state index contributed by atoms with van der Waals surface area (Å²) in [5, 5.41) is 10.6. The first-order valence-electron chi connectivity index (χ1n) is 21.3. The minimum Gasteiger partial charge on any atom is -1.00 e. The van der Waals surface area contributed by atoms with E-state index >= 15 is 0 Å². The number of hydrogen-bond acceptors (Lipinski definition) is 0. The summed E-state index contributed by atoms with van der Waals surface area (Å²) >= 11 is 3.50. The molecule has 320 valence electrons. The predicted octanol–water partition coefficient (Wildman–Crippen LogP) is 10.8. The van der Waals surface area contributed by atoms with Crippen molar-refractivity contribution >= 4 is 52.7 Å². The summed E-state index contributed by atoms with van der Waals surface area (Å²) in [7, 11) is 0. The molecule has 0 amide bonds. The van der Waals surface area contributed by atoms with Gasteiger partial charge in [0.2, 0.25) is 0 Å². The van der Waals surface area contributed by atoms with Crippen molar-refractivity contribution in [3.8, 4) is 44.5 Å². The third-order valence-electron chi connectivity index (χ3n) is 11.1. The van der Waals surface area contributed by atoms with Crippen LogP contribution in [0.1, 0.15) is 0 Å². The Morgan fingerprint density at radius 1 is 0.227 bits per heavy atom. The van der Waals surface area contributed by atoms with Crippen LogP contribution in [0.15, 0.2) is 267 Å². The normalized spacial score (nSPS) is 9.88. The van der Waals surface area contributed by atoms with Gasteiger partial charge in [-0.05, 0) is 22.3 Å². The van der Waals surface area contributed by atoms with E-state index in [2.05, 4.69) is 277 Å². The average Bonchev–Trinajstić information content (AvgIpc) is 4.25. The Morgan fingerprint density at radius 2 is 0.424 bits per heavy atom. The van der Waals surface area contributed by atoms with Crippen LogP contribution in [0.4, 0.5) is 0 Å². The first-order valence-corrected chi connectivity index (χ1v) is 23.5. The summed E-state index contributed by atoms with van der Waals surface area (Å²) in [6.07, 6.45) is 0. The molecule has 66 heavy (non-hydrogen) atoms. The number of hydrogen-bond donors (Lipinski definition) is 0. The van der Waals surface area contributed by atoms with Gasteiger partial charge in [-0.2, -0.15) is 48.5 Å². The van der Waals surface area contributed by atoms with E-state index in [1.807, 2.05) is 0 Å². The minimum atomic E-state index is 0. The van der Waals surface area contributed by atoms with Crippen LogP contribution in [0.25, 0.3) is 87.6 Å². The van der Waals surface area contributed by atoms with Crippen LogP contribution in [0, 0.1) is 0 Å². The molecule has 0 fully saturated rings. The van der Waals surface area contributed by atoms with Gasteiger partial charge in [-0.3, -0.25) is 0 Å². The van der Waals surface area contributed by atoms with Crippen LogP contribution in [-0.4, -0.2) is 9.63 Å². The third-order valence-corrected chi connectivity index (χ3v) is 11.1. The molecule has 0 N–H and O–H groups in total. The molecular weight excluding hydrogens is 911 g/mol. The van der Waals surface area contributed by atoms with Crippen molar-refractivity contribution in [2.24, 2.45) is 0 Å². The first-order chi connectivity index (χ1) is 31.8. The molecule has 12 aromatic rings. The van der Waals surface area contributed by atoms with Crippen molar-refractivity contribution in [2.45, 2.75) is 0 Å². The van der Waals surface area contributed by atoms with Gasteiger partial charge >= 0.3 is 49.6 Å². The number of benzene rings is 8. The molecule has 0 saturated carbocycles. The van der Waals surface area contributed by atoms with E-state index in [0.717, 1.165) is 0 Å². The Morgan fingerprint density at radius 3 is 0.621 bits per heavy atom. The summed E-state index contributed by atoms with van der Waals surface area (Å²) in [5.41, 5.74) is 10.4. The molecular formula is C62H48Cl2Ti2-2. The van der Waals surface area contributed by atoms with Crippen molar-refractivity contribution in [3.05, 3.63) is 267 Å². The largest absolute Gasteiger partial charge is 1.00 e. The van der Waals surface area contributed by atoms with E-state index < -0.39 is 0 Å². The van der Waals surface area contributed by atoms with Crippen LogP contribution in [0.2, 0.25) is 0 Å². The molecule has 12 aromatic carbocycles. The quantitative estimate of drug-likeness (QED) is 0.122. The van der Waals surface area contributed by atoms with Crippen molar-refractivity contribution < 1.29 is 64.8 Å². The Labute approximate surface area is 425 Å². The zero-order valence-corrected chi connectivity index (χ0v) is 41.2. The molecule has 0 aromatic heterocycles. The molecule has 0 atom stereocenters. The van der Waals surface area contributed by atoms with Gasteiger partial charge in [-0.1, -0.05) is 168 Å². The van der Waals surface area contributed by atoms with Crippen LogP contribution >= 0.6 is 0 Å². The second kappa shape index (κ2) is 26.8. The van der Waals surface area contributed by atoms with Gasteiger partial charge in [0.15, 0.2) is 0 Å². The molecule has 0 aliphatic carbocycles. The van der Waals surface area contributed by atoms with E-state index in [1.54, 1.807) is 39.9 Å². The fourth-order valence-electron chi connectivity index (χ4n) is 8.13. The molecule has 0 aliphatic heterocycles. The van der Waals surface area contributed by atoms with Gasteiger partial charge < -0.3 is 24.8 Å². The van der Waals surface area contributed by atoms with Gasteiger partial charge in [-0.15, -0.1) is 116 Å². The van der Waals surface area contributed by atoms with Gasteiger partial charge in [0.1, 0.15) is 0 Å². The molecule has 0 unspecified atom stereocenters. The smallest absolute Gasteiger partial charge is 0.0279 e. The Hall–Kier alpha value is -6.05. The molecule has 0 nitrogen and oxygen atoms in total. The number of halogens is 2. The third kappa shape index (κ3) is 12.6. The van der Waals surface area contributed by atoms with Crippen LogP contribution < -0.4 is 24.8 Å². The van der Waals surface area contributed by atoms with E-state index in [0.29, 0.717) is 0 Å². The molecule has 0 aliphatic rings. The van der Waals surface area contributed by atoms with Crippen molar-refractivity contribution in [1.29, 1.82) is 0 Å². The fraction of sp³-hybridized carbons (Fsp3) is 0. The Kier molecular flexibility index (Phi) is 20.7. The van der Waals surface area contributed by atoms with Crippen molar-refractivity contribution in [2.75, 3.05) is 0 Å². The van der Waals surface area contributed by atoms with E-state index in [1.165, 1.54) is 87.6 Å². The zero-order chi connectivity index (χ0) is 44.4.